The van der Waals surface area contributed by atoms with Crippen LogP contribution in [0.1, 0.15) is 33.0 Å². The second kappa shape index (κ2) is 7.67. The van der Waals surface area contributed by atoms with Crippen LogP contribution in [0.5, 0.6) is 0 Å². The molecule has 0 aromatic carbocycles. The number of aliphatic hydroxyl groups is 1. The summed E-state index contributed by atoms with van der Waals surface area (Å²) in [7, 11) is 1.41. The number of rotatable bonds is 6. The molecule has 1 unspecified atom stereocenters. The third kappa shape index (κ3) is 4.85. The van der Waals surface area contributed by atoms with Crippen molar-refractivity contribution in [2.45, 2.75) is 45.0 Å². The summed E-state index contributed by atoms with van der Waals surface area (Å²) in [5, 5.41) is 16.1. The molecule has 1 heterocycles. The Morgan fingerprint density at radius 2 is 2.09 bits per heavy atom. The van der Waals surface area contributed by atoms with Gasteiger partial charge in [-0.2, -0.15) is 13.2 Å². The van der Waals surface area contributed by atoms with Crippen molar-refractivity contribution in [1.82, 2.24) is 20.2 Å². The summed E-state index contributed by atoms with van der Waals surface area (Å²) in [6.45, 7) is 6.03. The first-order chi connectivity index (χ1) is 10.6. The monoisotopic (exact) mass is 335 g/mol. The van der Waals surface area contributed by atoms with E-state index in [1.807, 2.05) is 20.8 Å². The normalized spacial score (nSPS) is 15.6. The fourth-order valence-corrected chi connectivity index (χ4v) is 2.07. The van der Waals surface area contributed by atoms with Gasteiger partial charge in [0, 0.05) is 45.0 Å². The third-order valence-corrected chi connectivity index (χ3v) is 3.17. The Bertz CT molecular complexity index is 527. The Kier molecular flexibility index (Phi) is 6.43. The van der Waals surface area contributed by atoms with Gasteiger partial charge in [-0.1, -0.05) is 0 Å². The average molecular weight is 335 g/mol. The van der Waals surface area contributed by atoms with E-state index in [1.54, 1.807) is 0 Å². The number of nitrogens with zero attached hydrogens (tertiary/aromatic N) is 3. The van der Waals surface area contributed by atoms with Crippen LogP contribution in [0.15, 0.2) is 17.4 Å². The van der Waals surface area contributed by atoms with E-state index in [0.29, 0.717) is 12.5 Å². The topological polar surface area (TPSA) is 74.5 Å². The average Bonchev–Trinajstić information content (AvgIpc) is 2.83. The fourth-order valence-electron chi connectivity index (χ4n) is 2.07. The first-order valence-corrected chi connectivity index (χ1v) is 7.43. The van der Waals surface area contributed by atoms with Crippen molar-refractivity contribution in [2.24, 2.45) is 12.0 Å². The van der Waals surface area contributed by atoms with E-state index in [4.69, 9.17) is 0 Å². The SMILES string of the molecule is CCNC(=NCCC(O)(c1nccn1C)C(F)(F)F)NC(C)C. The number of aryl methyl sites for hydroxylation is 1. The summed E-state index contributed by atoms with van der Waals surface area (Å²) in [5.74, 6) is -0.0334. The van der Waals surface area contributed by atoms with Crippen LogP contribution in [0.3, 0.4) is 0 Å². The predicted octanol–water partition coefficient (Wildman–Crippen LogP) is 1.52. The molecule has 1 rings (SSSR count). The zero-order valence-corrected chi connectivity index (χ0v) is 13.8. The van der Waals surface area contributed by atoms with E-state index < -0.39 is 24.0 Å². The Balaban J connectivity index is 2.94. The van der Waals surface area contributed by atoms with Crippen LogP contribution >= 0.6 is 0 Å². The largest absolute Gasteiger partial charge is 0.424 e. The number of aromatic nitrogens is 2. The number of hydrogen-bond donors (Lipinski definition) is 3. The lowest BCUT2D eigenvalue weighted by Gasteiger charge is -2.29. The number of guanidine groups is 1. The molecule has 0 amide bonds. The molecule has 0 saturated heterocycles. The zero-order valence-electron chi connectivity index (χ0n) is 13.8. The highest BCUT2D eigenvalue weighted by molar-refractivity contribution is 5.79. The Morgan fingerprint density at radius 1 is 1.43 bits per heavy atom. The number of hydrogen-bond acceptors (Lipinski definition) is 3. The second-order valence-corrected chi connectivity index (χ2v) is 5.53. The highest BCUT2D eigenvalue weighted by atomic mass is 19.4. The van der Waals surface area contributed by atoms with Gasteiger partial charge in [0.05, 0.1) is 0 Å². The van der Waals surface area contributed by atoms with Crippen molar-refractivity contribution < 1.29 is 18.3 Å². The molecule has 9 heteroatoms. The first-order valence-electron chi connectivity index (χ1n) is 7.43. The van der Waals surface area contributed by atoms with Gasteiger partial charge in [-0.05, 0) is 20.8 Å². The van der Waals surface area contributed by atoms with Crippen LogP contribution < -0.4 is 10.6 Å². The van der Waals surface area contributed by atoms with Crippen LogP contribution in [0.4, 0.5) is 13.2 Å². The van der Waals surface area contributed by atoms with Crippen LogP contribution in [0, 0.1) is 0 Å². The van der Waals surface area contributed by atoms with E-state index in [0.717, 1.165) is 4.57 Å². The number of halogens is 3. The van der Waals surface area contributed by atoms with Gasteiger partial charge < -0.3 is 20.3 Å². The highest BCUT2D eigenvalue weighted by Crippen LogP contribution is 2.40. The molecule has 0 saturated carbocycles. The van der Waals surface area contributed by atoms with Gasteiger partial charge in [-0.3, -0.25) is 4.99 Å². The predicted molar refractivity (Wildman–Crippen MR) is 82.0 cm³/mol. The maximum absolute atomic E-state index is 13.3. The second-order valence-electron chi connectivity index (χ2n) is 5.53. The summed E-state index contributed by atoms with van der Waals surface area (Å²) in [4.78, 5) is 7.74. The van der Waals surface area contributed by atoms with Gasteiger partial charge in [-0.15, -0.1) is 0 Å². The summed E-state index contributed by atoms with van der Waals surface area (Å²) in [5.41, 5.74) is -3.04. The zero-order chi connectivity index (χ0) is 17.7. The Morgan fingerprint density at radius 3 is 2.52 bits per heavy atom. The van der Waals surface area contributed by atoms with E-state index in [1.165, 1.54) is 19.4 Å². The maximum Gasteiger partial charge on any atom is 0.424 e. The molecule has 0 bridgehead atoms. The van der Waals surface area contributed by atoms with Crippen LogP contribution in [-0.2, 0) is 12.6 Å². The van der Waals surface area contributed by atoms with E-state index in [-0.39, 0.29) is 12.6 Å². The minimum Gasteiger partial charge on any atom is -0.374 e. The minimum absolute atomic E-state index is 0.0869. The molecule has 3 N–H and O–H groups in total. The first kappa shape index (κ1) is 19.3. The van der Waals surface area contributed by atoms with Gasteiger partial charge in [0.15, 0.2) is 5.96 Å². The Labute approximate surface area is 133 Å². The van der Waals surface area contributed by atoms with Crippen molar-refractivity contribution in [3.63, 3.8) is 0 Å². The van der Waals surface area contributed by atoms with Crippen molar-refractivity contribution in [3.8, 4) is 0 Å². The van der Waals surface area contributed by atoms with E-state index in [9.17, 15) is 18.3 Å². The van der Waals surface area contributed by atoms with E-state index >= 15 is 0 Å². The van der Waals surface area contributed by atoms with Gasteiger partial charge in [0.1, 0.15) is 5.82 Å². The van der Waals surface area contributed by atoms with Gasteiger partial charge in [0.25, 0.3) is 0 Å². The molecule has 1 atom stereocenters. The molecular weight excluding hydrogens is 311 g/mol. The van der Waals surface area contributed by atoms with Gasteiger partial charge >= 0.3 is 6.18 Å². The van der Waals surface area contributed by atoms with Crippen molar-refractivity contribution in [3.05, 3.63) is 18.2 Å². The summed E-state index contributed by atoms with van der Waals surface area (Å²) < 4.78 is 41.2. The molecule has 0 spiro atoms. The smallest absolute Gasteiger partial charge is 0.374 e. The van der Waals surface area contributed by atoms with Crippen LogP contribution in [0.25, 0.3) is 0 Å². The third-order valence-electron chi connectivity index (χ3n) is 3.17. The fraction of sp³-hybridized carbons (Fsp3) is 0.714. The maximum atomic E-state index is 13.3. The molecule has 0 aliphatic carbocycles. The number of aliphatic imine (C=N–C) groups is 1. The van der Waals surface area contributed by atoms with Crippen molar-refractivity contribution in [2.75, 3.05) is 13.1 Å². The molecule has 0 radical (unpaired) electrons. The van der Waals surface area contributed by atoms with Crippen LogP contribution in [0.2, 0.25) is 0 Å². The highest BCUT2D eigenvalue weighted by Gasteiger charge is 2.57. The number of nitrogens with one attached hydrogen (secondary N) is 2. The quantitative estimate of drug-likeness (QED) is 0.544. The van der Waals surface area contributed by atoms with E-state index in [2.05, 4.69) is 20.6 Å². The summed E-state index contributed by atoms with van der Waals surface area (Å²) >= 11 is 0. The Hall–Kier alpha value is -1.77. The minimum atomic E-state index is -4.84. The van der Waals surface area contributed by atoms with Crippen molar-refractivity contribution in [1.29, 1.82) is 0 Å². The molecule has 1 aromatic rings. The van der Waals surface area contributed by atoms with Crippen LogP contribution in [-0.4, -0.2) is 45.9 Å². The van der Waals surface area contributed by atoms with Gasteiger partial charge in [0.2, 0.25) is 5.60 Å². The molecule has 0 aliphatic rings. The molecule has 6 nitrogen and oxygen atoms in total. The lowest BCUT2D eigenvalue weighted by Crippen LogP contribution is -2.45. The standard InChI is InChI=1S/C14H24F3N5O/c1-5-18-12(21-10(2)3)20-7-6-13(23,14(15,16)17)11-19-8-9-22(11)4/h8-10,23H,5-7H2,1-4H3,(H2,18,20,21). The lowest BCUT2D eigenvalue weighted by atomic mass is 9.98. The molecule has 132 valence electrons. The summed E-state index contributed by atoms with van der Waals surface area (Å²) in [6.07, 6.45) is -2.87. The molecule has 23 heavy (non-hydrogen) atoms. The molecule has 1 aromatic heterocycles. The molecule has 0 fully saturated rings. The van der Waals surface area contributed by atoms with Crippen molar-refractivity contribution >= 4 is 5.96 Å². The number of alkyl halides is 3. The number of imidazole rings is 1. The van der Waals surface area contributed by atoms with Gasteiger partial charge in [-0.25, -0.2) is 4.98 Å². The molecule has 0 aliphatic heterocycles. The molecular formula is C14H24F3N5O. The lowest BCUT2D eigenvalue weighted by molar-refractivity contribution is -0.272. The summed E-state index contributed by atoms with van der Waals surface area (Å²) in [6, 6.07) is 0.0869.